The number of anilines is 1. The molecule has 2 amide bonds. The van der Waals surface area contributed by atoms with E-state index in [-0.39, 0.29) is 11.8 Å². The van der Waals surface area contributed by atoms with Gasteiger partial charge in [-0.05, 0) is 44.9 Å². The van der Waals surface area contributed by atoms with Crippen molar-refractivity contribution in [3.63, 3.8) is 0 Å². The van der Waals surface area contributed by atoms with E-state index >= 15 is 0 Å². The summed E-state index contributed by atoms with van der Waals surface area (Å²) in [4.78, 5) is 34.5. The molecule has 0 unspecified atom stereocenters. The van der Waals surface area contributed by atoms with Crippen LogP contribution in [0.15, 0.2) is 30.3 Å². The van der Waals surface area contributed by atoms with Crippen LogP contribution in [0.3, 0.4) is 0 Å². The van der Waals surface area contributed by atoms with Gasteiger partial charge in [-0.2, -0.15) is 0 Å². The maximum Gasteiger partial charge on any atom is 0.225 e. The van der Waals surface area contributed by atoms with Gasteiger partial charge in [0.15, 0.2) is 0 Å². The molecule has 0 aromatic heterocycles. The number of likely N-dealkylation sites (N-methyl/N-ethyl adjacent to an activating group) is 1. The minimum atomic E-state index is 0.106. The first kappa shape index (κ1) is 20.2. The van der Waals surface area contributed by atoms with E-state index in [1.807, 2.05) is 15.9 Å². The molecule has 0 atom stereocenters. The number of carbonyl (C=O) groups is 2. The normalized spacial score (nSPS) is 26.4. The minimum Gasteiger partial charge on any atom is -0.368 e. The Labute approximate surface area is 174 Å². The summed E-state index contributed by atoms with van der Waals surface area (Å²) in [6, 6.07) is 10.4. The van der Waals surface area contributed by atoms with Gasteiger partial charge in [0.2, 0.25) is 11.8 Å². The monoisotopic (exact) mass is 398 g/mol. The smallest absolute Gasteiger partial charge is 0.225 e. The summed E-state index contributed by atoms with van der Waals surface area (Å²) in [6.07, 6.45) is 3.46. The zero-order valence-corrected chi connectivity index (χ0v) is 17.6. The summed E-state index contributed by atoms with van der Waals surface area (Å²) in [5.74, 6) is 0.857. The molecule has 0 bridgehead atoms. The number of piperazine rings is 2. The van der Waals surface area contributed by atoms with Crippen molar-refractivity contribution >= 4 is 17.5 Å². The zero-order valence-electron chi connectivity index (χ0n) is 17.6. The Hall–Kier alpha value is -2.08. The average Bonchev–Trinajstić information content (AvgIpc) is 2.79. The van der Waals surface area contributed by atoms with Crippen molar-refractivity contribution in [2.75, 3.05) is 64.3 Å². The summed E-state index contributed by atoms with van der Waals surface area (Å²) in [7, 11) is 2.11. The van der Waals surface area contributed by atoms with Crippen molar-refractivity contribution in [3.8, 4) is 0 Å². The highest BCUT2D eigenvalue weighted by Crippen LogP contribution is 2.32. The average molecular weight is 399 g/mol. The zero-order chi connectivity index (χ0) is 20.2. The van der Waals surface area contributed by atoms with Gasteiger partial charge in [0.1, 0.15) is 0 Å². The Morgan fingerprint density at radius 3 is 1.62 bits per heavy atom. The van der Waals surface area contributed by atoms with Gasteiger partial charge in [-0.3, -0.25) is 9.59 Å². The number of hydrogen-bond donors (Lipinski definition) is 0. The molecular weight excluding hydrogens is 364 g/mol. The van der Waals surface area contributed by atoms with Crippen molar-refractivity contribution in [3.05, 3.63) is 30.3 Å². The van der Waals surface area contributed by atoms with Gasteiger partial charge in [-0.25, -0.2) is 0 Å². The highest BCUT2D eigenvalue weighted by atomic mass is 16.2. The van der Waals surface area contributed by atoms with Gasteiger partial charge < -0.3 is 19.6 Å². The van der Waals surface area contributed by atoms with Gasteiger partial charge >= 0.3 is 0 Å². The summed E-state index contributed by atoms with van der Waals surface area (Å²) < 4.78 is 0. The van der Waals surface area contributed by atoms with Crippen LogP contribution >= 0.6 is 0 Å². The van der Waals surface area contributed by atoms with Crippen LogP contribution < -0.4 is 4.90 Å². The van der Waals surface area contributed by atoms with E-state index in [4.69, 9.17) is 0 Å². The Kier molecular flexibility index (Phi) is 6.38. The van der Waals surface area contributed by atoms with Crippen LogP contribution in [0.5, 0.6) is 0 Å². The SMILES string of the molecule is CN1CCN(C(=O)C2CCC(C(=O)N3CCN(c4ccccc4)CC3)CC2)CC1. The summed E-state index contributed by atoms with van der Waals surface area (Å²) in [5, 5.41) is 0. The molecule has 0 radical (unpaired) electrons. The fourth-order valence-electron chi connectivity index (χ4n) is 4.95. The standard InChI is InChI=1S/C23H34N4O2/c1-24-11-13-26(14-12-24)22(28)19-7-9-20(10-8-19)23(29)27-17-15-25(16-18-27)21-5-3-2-4-6-21/h2-6,19-20H,7-18H2,1H3. The first-order valence-electron chi connectivity index (χ1n) is 11.2. The fourth-order valence-corrected chi connectivity index (χ4v) is 4.95. The van der Waals surface area contributed by atoms with Crippen LogP contribution in [0.1, 0.15) is 25.7 Å². The number of hydrogen-bond acceptors (Lipinski definition) is 4. The first-order valence-corrected chi connectivity index (χ1v) is 11.2. The molecule has 4 rings (SSSR count). The molecule has 6 heteroatoms. The molecule has 29 heavy (non-hydrogen) atoms. The quantitative estimate of drug-likeness (QED) is 0.781. The molecule has 1 aromatic carbocycles. The van der Waals surface area contributed by atoms with Crippen molar-refractivity contribution in [1.29, 1.82) is 0 Å². The van der Waals surface area contributed by atoms with E-state index in [1.165, 1.54) is 5.69 Å². The molecule has 0 N–H and O–H groups in total. The van der Waals surface area contributed by atoms with Crippen molar-refractivity contribution < 1.29 is 9.59 Å². The van der Waals surface area contributed by atoms with E-state index in [0.29, 0.717) is 11.8 Å². The van der Waals surface area contributed by atoms with Gasteiger partial charge in [-0.15, -0.1) is 0 Å². The first-order chi connectivity index (χ1) is 14.1. The molecular formula is C23H34N4O2. The van der Waals surface area contributed by atoms with Crippen LogP contribution in [0.2, 0.25) is 0 Å². The molecule has 6 nitrogen and oxygen atoms in total. The van der Waals surface area contributed by atoms with Crippen molar-refractivity contribution in [2.45, 2.75) is 25.7 Å². The predicted octanol–water partition coefficient (Wildman–Crippen LogP) is 1.92. The summed E-state index contributed by atoms with van der Waals surface area (Å²) >= 11 is 0. The Morgan fingerprint density at radius 2 is 1.14 bits per heavy atom. The molecule has 2 heterocycles. The van der Waals surface area contributed by atoms with E-state index < -0.39 is 0 Å². The maximum absolute atomic E-state index is 13.0. The lowest BCUT2D eigenvalue weighted by atomic mass is 9.80. The minimum absolute atomic E-state index is 0.106. The van der Waals surface area contributed by atoms with Gasteiger partial charge in [0, 0.05) is 69.9 Å². The molecule has 0 spiro atoms. The summed E-state index contributed by atoms with van der Waals surface area (Å²) in [5.41, 5.74) is 1.24. The third-order valence-corrected chi connectivity index (χ3v) is 6.95. The topological polar surface area (TPSA) is 47.1 Å². The third kappa shape index (κ3) is 4.74. The van der Waals surface area contributed by atoms with Crippen LogP contribution in [-0.2, 0) is 9.59 Å². The third-order valence-electron chi connectivity index (χ3n) is 6.95. The fraction of sp³-hybridized carbons (Fsp3) is 0.652. The number of nitrogens with zero attached hydrogens (tertiary/aromatic N) is 4. The molecule has 2 saturated heterocycles. The van der Waals surface area contributed by atoms with E-state index in [9.17, 15) is 9.59 Å². The van der Waals surface area contributed by atoms with Gasteiger partial charge in [0.25, 0.3) is 0 Å². The number of para-hydroxylation sites is 1. The number of benzene rings is 1. The lowest BCUT2D eigenvalue weighted by Gasteiger charge is -2.39. The second kappa shape index (κ2) is 9.16. The van der Waals surface area contributed by atoms with Crippen molar-refractivity contribution in [1.82, 2.24) is 14.7 Å². The lowest BCUT2D eigenvalue weighted by Crippen LogP contribution is -2.51. The largest absolute Gasteiger partial charge is 0.368 e. The number of rotatable bonds is 3. The molecule has 1 saturated carbocycles. The number of carbonyl (C=O) groups excluding carboxylic acids is 2. The molecule has 3 fully saturated rings. The highest BCUT2D eigenvalue weighted by molar-refractivity contribution is 5.81. The maximum atomic E-state index is 13.0. The predicted molar refractivity (Wildman–Crippen MR) is 115 cm³/mol. The second-order valence-electron chi connectivity index (χ2n) is 8.82. The molecule has 1 aliphatic carbocycles. The molecule has 2 aliphatic heterocycles. The van der Waals surface area contributed by atoms with Gasteiger partial charge in [-0.1, -0.05) is 18.2 Å². The molecule has 1 aromatic rings. The highest BCUT2D eigenvalue weighted by Gasteiger charge is 2.35. The van der Waals surface area contributed by atoms with E-state index in [0.717, 1.165) is 78.0 Å². The molecule has 158 valence electrons. The van der Waals surface area contributed by atoms with Crippen LogP contribution in [-0.4, -0.2) is 85.9 Å². The van der Waals surface area contributed by atoms with Crippen molar-refractivity contribution in [2.24, 2.45) is 11.8 Å². The van der Waals surface area contributed by atoms with E-state index in [1.54, 1.807) is 0 Å². The van der Waals surface area contributed by atoms with E-state index in [2.05, 4.69) is 41.1 Å². The Morgan fingerprint density at radius 1 is 0.690 bits per heavy atom. The van der Waals surface area contributed by atoms with Crippen LogP contribution in [0, 0.1) is 11.8 Å². The molecule has 3 aliphatic rings. The Balaban J connectivity index is 1.23. The second-order valence-corrected chi connectivity index (χ2v) is 8.82. The summed E-state index contributed by atoms with van der Waals surface area (Å²) in [6.45, 7) is 7.02. The lowest BCUT2D eigenvalue weighted by molar-refractivity contribution is -0.142. The van der Waals surface area contributed by atoms with Gasteiger partial charge in [0.05, 0.1) is 0 Å². The van der Waals surface area contributed by atoms with Crippen LogP contribution in [0.25, 0.3) is 0 Å². The Bertz CT molecular complexity index is 686. The van der Waals surface area contributed by atoms with Crippen LogP contribution in [0.4, 0.5) is 5.69 Å². The number of amides is 2.